The number of benzene rings is 1. The molecule has 1 saturated carbocycles. The van der Waals surface area contributed by atoms with Crippen molar-refractivity contribution in [2.75, 3.05) is 0 Å². The van der Waals surface area contributed by atoms with Crippen molar-refractivity contribution in [2.24, 2.45) is 0 Å². The first-order chi connectivity index (χ1) is 8.01. The standard InChI is InChI=1S/C13H14F2O2/c1-2-8-6-9(11(15)10(14)7-8)13(12(16)17)4-3-5-13/h6-7H,2-5H2,1H3,(H,16,17). The molecule has 0 spiro atoms. The van der Waals surface area contributed by atoms with Crippen molar-refractivity contribution in [3.63, 3.8) is 0 Å². The first kappa shape index (κ1) is 12.0. The molecule has 1 N–H and O–H groups in total. The summed E-state index contributed by atoms with van der Waals surface area (Å²) < 4.78 is 27.2. The van der Waals surface area contributed by atoms with Gasteiger partial charge in [0.25, 0.3) is 0 Å². The monoisotopic (exact) mass is 240 g/mol. The third kappa shape index (κ3) is 1.72. The van der Waals surface area contributed by atoms with E-state index in [1.807, 2.05) is 6.92 Å². The van der Waals surface area contributed by atoms with Crippen molar-refractivity contribution in [3.05, 3.63) is 34.9 Å². The summed E-state index contributed by atoms with van der Waals surface area (Å²) in [5, 5.41) is 9.23. The maximum absolute atomic E-state index is 13.8. The quantitative estimate of drug-likeness (QED) is 0.881. The molecule has 2 nitrogen and oxygen atoms in total. The molecule has 0 saturated heterocycles. The minimum absolute atomic E-state index is 0.00750. The summed E-state index contributed by atoms with van der Waals surface area (Å²) in [4.78, 5) is 11.3. The predicted molar refractivity (Wildman–Crippen MR) is 58.9 cm³/mol. The molecule has 1 aromatic rings. The predicted octanol–water partition coefficient (Wildman–Crippen LogP) is 3.03. The van der Waals surface area contributed by atoms with Crippen molar-refractivity contribution in [3.8, 4) is 0 Å². The summed E-state index contributed by atoms with van der Waals surface area (Å²) in [6.45, 7) is 1.82. The highest BCUT2D eigenvalue weighted by atomic mass is 19.2. The van der Waals surface area contributed by atoms with Crippen LogP contribution >= 0.6 is 0 Å². The number of carboxylic acids is 1. The van der Waals surface area contributed by atoms with E-state index in [4.69, 9.17) is 0 Å². The van der Waals surface area contributed by atoms with Crippen LogP contribution in [0.5, 0.6) is 0 Å². The Hall–Kier alpha value is -1.45. The fraction of sp³-hybridized carbons (Fsp3) is 0.462. The summed E-state index contributed by atoms with van der Waals surface area (Å²) in [6.07, 6.45) is 2.06. The molecule has 1 fully saturated rings. The molecule has 0 atom stereocenters. The number of aryl methyl sites for hydroxylation is 1. The average molecular weight is 240 g/mol. The van der Waals surface area contributed by atoms with E-state index < -0.39 is 23.0 Å². The van der Waals surface area contributed by atoms with Crippen molar-refractivity contribution >= 4 is 5.97 Å². The smallest absolute Gasteiger partial charge is 0.314 e. The maximum Gasteiger partial charge on any atom is 0.314 e. The molecule has 0 unspecified atom stereocenters. The second-order valence-electron chi connectivity index (χ2n) is 4.53. The Bertz CT molecular complexity index is 465. The van der Waals surface area contributed by atoms with Crippen molar-refractivity contribution in [2.45, 2.75) is 38.0 Å². The fourth-order valence-electron chi connectivity index (χ4n) is 2.33. The molecule has 1 aromatic carbocycles. The summed E-state index contributed by atoms with van der Waals surface area (Å²) >= 11 is 0. The van der Waals surface area contributed by atoms with Gasteiger partial charge in [0.05, 0.1) is 5.41 Å². The van der Waals surface area contributed by atoms with E-state index in [0.29, 0.717) is 24.8 Å². The van der Waals surface area contributed by atoms with Crippen molar-refractivity contribution in [1.82, 2.24) is 0 Å². The van der Waals surface area contributed by atoms with Crippen LogP contribution in [0.3, 0.4) is 0 Å². The van der Waals surface area contributed by atoms with Crippen molar-refractivity contribution in [1.29, 1.82) is 0 Å². The summed E-state index contributed by atoms with van der Waals surface area (Å²) in [5.74, 6) is -3.02. The van der Waals surface area contributed by atoms with E-state index in [2.05, 4.69) is 0 Å². The van der Waals surface area contributed by atoms with Gasteiger partial charge in [-0.1, -0.05) is 19.4 Å². The molecule has 1 aliphatic carbocycles. The Kier molecular flexibility index (Phi) is 2.89. The van der Waals surface area contributed by atoms with Crippen LogP contribution in [0.25, 0.3) is 0 Å². The topological polar surface area (TPSA) is 37.3 Å². The molecule has 0 aliphatic heterocycles. The van der Waals surface area contributed by atoms with Gasteiger partial charge < -0.3 is 5.11 Å². The number of rotatable bonds is 3. The molecule has 0 bridgehead atoms. The molecule has 1 aliphatic rings. The lowest BCUT2D eigenvalue weighted by Crippen LogP contribution is -2.43. The van der Waals surface area contributed by atoms with Crippen LogP contribution in [0.2, 0.25) is 0 Å². The number of carbonyl (C=O) groups is 1. The third-order valence-electron chi connectivity index (χ3n) is 3.63. The molecule has 0 heterocycles. The molecule has 0 aromatic heterocycles. The molecular formula is C13H14F2O2. The lowest BCUT2D eigenvalue weighted by molar-refractivity contribution is -0.147. The van der Waals surface area contributed by atoms with Gasteiger partial charge in [0, 0.05) is 5.56 Å². The largest absolute Gasteiger partial charge is 0.481 e. The maximum atomic E-state index is 13.8. The summed E-state index contributed by atoms with van der Waals surface area (Å²) in [6, 6.07) is 2.62. The van der Waals surface area contributed by atoms with Gasteiger partial charge in [-0.3, -0.25) is 4.79 Å². The van der Waals surface area contributed by atoms with Crippen LogP contribution in [-0.4, -0.2) is 11.1 Å². The minimum Gasteiger partial charge on any atom is -0.481 e. The molecule has 2 rings (SSSR count). The highest BCUT2D eigenvalue weighted by Gasteiger charge is 2.48. The van der Waals surface area contributed by atoms with Gasteiger partial charge >= 0.3 is 5.97 Å². The SMILES string of the molecule is CCc1cc(F)c(F)c(C2(C(=O)O)CCC2)c1. The molecule has 92 valence electrons. The minimum atomic E-state index is -1.21. The fourth-order valence-corrected chi connectivity index (χ4v) is 2.33. The lowest BCUT2D eigenvalue weighted by atomic mass is 9.64. The van der Waals surface area contributed by atoms with E-state index in [9.17, 15) is 18.7 Å². The highest BCUT2D eigenvalue weighted by Crippen LogP contribution is 2.45. The number of hydrogen-bond donors (Lipinski definition) is 1. The van der Waals surface area contributed by atoms with Crippen LogP contribution in [0, 0.1) is 11.6 Å². The zero-order valence-corrected chi connectivity index (χ0v) is 9.59. The lowest BCUT2D eigenvalue weighted by Gasteiger charge is -2.38. The zero-order valence-electron chi connectivity index (χ0n) is 9.59. The Balaban J connectivity index is 2.57. The van der Waals surface area contributed by atoms with Gasteiger partial charge in [0.1, 0.15) is 0 Å². The Morgan fingerprint density at radius 2 is 2.06 bits per heavy atom. The average Bonchev–Trinajstić information content (AvgIpc) is 2.21. The van der Waals surface area contributed by atoms with Crippen LogP contribution in [0.1, 0.15) is 37.3 Å². The zero-order chi connectivity index (χ0) is 12.6. The molecule has 0 amide bonds. The van der Waals surface area contributed by atoms with Gasteiger partial charge in [-0.15, -0.1) is 0 Å². The van der Waals surface area contributed by atoms with Crippen LogP contribution in [0.15, 0.2) is 12.1 Å². The first-order valence-corrected chi connectivity index (χ1v) is 5.73. The number of hydrogen-bond acceptors (Lipinski definition) is 1. The number of carboxylic acid groups (broad SMARTS) is 1. The van der Waals surface area contributed by atoms with Gasteiger partial charge in [0.15, 0.2) is 11.6 Å². The van der Waals surface area contributed by atoms with Gasteiger partial charge in [0.2, 0.25) is 0 Å². The van der Waals surface area contributed by atoms with Gasteiger partial charge in [-0.2, -0.15) is 0 Å². The Morgan fingerprint density at radius 3 is 2.47 bits per heavy atom. The van der Waals surface area contributed by atoms with E-state index >= 15 is 0 Å². The van der Waals surface area contributed by atoms with Crippen LogP contribution in [-0.2, 0) is 16.6 Å². The number of aliphatic carboxylic acids is 1. The third-order valence-corrected chi connectivity index (χ3v) is 3.63. The van der Waals surface area contributed by atoms with Crippen LogP contribution in [0.4, 0.5) is 8.78 Å². The Labute approximate surface area is 98.3 Å². The number of halogens is 2. The van der Waals surface area contributed by atoms with E-state index in [1.54, 1.807) is 0 Å². The molecular weight excluding hydrogens is 226 g/mol. The van der Waals surface area contributed by atoms with E-state index in [1.165, 1.54) is 6.07 Å². The molecule has 0 radical (unpaired) electrons. The first-order valence-electron chi connectivity index (χ1n) is 5.73. The van der Waals surface area contributed by atoms with Crippen molar-refractivity contribution < 1.29 is 18.7 Å². The summed E-state index contributed by atoms with van der Waals surface area (Å²) in [7, 11) is 0. The van der Waals surface area contributed by atoms with E-state index in [0.717, 1.165) is 12.5 Å². The molecule has 4 heteroatoms. The molecule has 17 heavy (non-hydrogen) atoms. The Morgan fingerprint density at radius 1 is 1.41 bits per heavy atom. The normalized spacial score (nSPS) is 17.6. The summed E-state index contributed by atoms with van der Waals surface area (Å²) in [5.41, 5.74) is -0.574. The van der Waals surface area contributed by atoms with Gasteiger partial charge in [-0.25, -0.2) is 8.78 Å². The second kappa shape index (κ2) is 4.09. The van der Waals surface area contributed by atoms with Crippen LogP contribution < -0.4 is 0 Å². The highest BCUT2D eigenvalue weighted by molar-refractivity contribution is 5.82. The van der Waals surface area contributed by atoms with E-state index in [-0.39, 0.29) is 5.56 Å². The second-order valence-corrected chi connectivity index (χ2v) is 4.53. The van der Waals surface area contributed by atoms with Gasteiger partial charge in [-0.05, 0) is 30.9 Å².